The zero-order valence-corrected chi connectivity index (χ0v) is 17.1. The molecule has 2 aliphatic heterocycles. The third-order valence-corrected chi connectivity index (χ3v) is 6.07. The molecule has 2 aliphatic rings. The Balaban J connectivity index is 1.65. The molecule has 0 amide bonds. The zero-order chi connectivity index (χ0) is 19.6. The molecule has 0 saturated carbocycles. The smallest absolute Gasteiger partial charge is 0.178 e. The first-order chi connectivity index (χ1) is 14.3. The van der Waals surface area contributed by atoms with E-state index < -0.39 is 0 Å². The van der Waals surface area contributed by atoms with E-state index in [0.29, 0.717) is 0 Å². The Morgan fingerprint density at radius 1 is 0.793 bits per heavy atom. The number of aromatic nitrogens is 4. The summed E-state index contributed by atoms with van der Waals surface area (Å²) in [6, 6.07) is 8.38. The maximum absolute atomic E-state index is 5.04. The van der Waals surface area contributed by atoms with Gasteiger partial charge >= 0.3 is 0 Å². The average molecular weight is 389 g/mol. The molecular formula is C23H28N6. The SMILES string of the molecule is Cc1cccc(-c2ncc3c(N4CCCCC4)nnc(N4CCCCC4)c3n2)c1. The normalized spacial score (nSPS) is 17.7. The lowest BCUT2D eigenvalue weighted by Gasteiger charge is -2.31. The van der Waals surface area contributed by atoms with Crippen LogP contribution in [-0.2, 0) is 0 Å². The van der Waals surface area contributed by atoms with Crippen molar-refractivity contribution in [2.24, 2.45) is 0 Å². The molecule has 0 spiro atoms. The predicted octanol–water partition coefficient (Wildman–Crippen LogP) is 4.38. The van der Waals surface area contributed by atoms with Crippen LogP contribution in [-0.4, -0.2) is 46.3 Å². The summed E-state index contributed by atoms with van der Waals surface area (Å²) >= 11 is 0. The van der Waals surface area contributed by atoms with Gasteiger partial charge in [0.15, 0.2) is 17.5 Å². The summed E-state index contributed by atoms with van der Waals surface area (Å²) in [4.78, 5) is 14.5. The largest absolute Gasteiger partial charge is 0.355 e. The summed E-state index contributed by atoms with van der Waals surface area (Å²) in [7, 11) is 0. The molecule has 3 aromatic rings. The number of nitrogens with zero attached hydrogens (tertiary/aromatic N) is 6. The van der Waals surface area contributed by atoms with Gasteiger partial charge in [0.25, 0.3) is 0 Å². The van der Waals surface area contributed by atoms with Gasteiger partial charge in [0.1, 0.15) is 5.52 Å². The Morgan fingerprint density at radius 2 is 1.45 bits per heavy atom. The molecule has 0 atom stereocenters. The molecule has 2 fully saturated rings. The molecule has 150 valence electrons. The monoisotopic (exact) mass is 388 g/mol. The van der Waals surface area contributed by atoms with Gasteiger partial charge in [0.2, 0.25) is 0 Å². The van der Waals surface area contributed by atoms with Gasteiger partial charge in [0, 0.05) is 37.9 Å². The van der Waals surface area contributed by atoms with Crippen LogP contribution < -0.4 is 9.80 Å². The first-order valence-electron chi connectivity index (χ1n) is 10.9. The number of anilines is 2. The number of piperidine rings is 2. The summed E-state index contributed by atoms with van der Waals surface area (Å²) in [5, 5.41) is 10.4. The van der Waals surface area contributed by atoms with Gasteiger partial charge < -0.3 is 9.80 Å². The topological polar surface area (TPSA) is 58.0 Å². The second-order valence-electron chi connectivity index (χ2n) is 8.27. The summed E-state index contributed by atoms with van der Waals surface area (Å²) in [6.07, 6.45) is 9.36. The lowest BCUT2D eigenvalue weighted by atomic mass is 10.1. The molecular weight excluding hydrogens is 360 g/mol. The highest BCUT2D eigenvalue weighted by Crippen LogP contribution is 2.32. The molecule has 5 rings (SSSR count). The van der Waals surface area contributed by atoms with Crippen LogP contribution in [0.25, 0.3) is 22.3 Å². The van der Waals surface area contributed by atoms with Crippen molar-refractivity contribution in [1.82, 2.24) is 20.2 Å². The van der Waals surface area contributed by atoms with Crippen LogP contribution >= 0.6 is 0 Å². The predicted molar refractivity (Wildman–Crippen MR) is 117 cm³/mol. The van der Waals surface area contributed by atoms with Crippen LogP contribution in [0.15, 0.2) is 30.5 Å². The van der Waals surface area contributed by atoms with Crippen molar-refractivity contribution in [3.63, 3.8) is 0 Å². The Morgan fingerprint density at radius 3 is 2.14 bits per heavy atom. The Hall–Kier alpha value is -2.76. The molecule has 0 radical (unpaired) electrons. The third-order valence-electron chi connectivity index (χ3n) is 6.07. The van der Waals surface area contributed by atoms with Crippen LogP contribution in [0.4, 0.5) is 11.6 Å². The molecule has 0 unspecified atom stereocenters. The fourth-order valence-electron chi connectivity index (χ4n) is 4.49. The number of hydrogen-bond donors (Lipinski definition) is 0. The van der Waals surface area contributed by atoms with E-state index in [9.17, 15) is 0 Å². The minimum absolute atomic E-state index is 0.761. The molecule has 4 heterocycles. The Kier molecular flexibility index (Phi) is 5.00. The van der Waals surface area contributed by atoms with Crippen LogP contribution in [0.3, 0.4) is 0 Å². The van der Waals surface area contributed by atoms with Crippen molar-refractivity contribution in [3.8, 4) is 11.4 Å². The lowest BCUT2D eigenvalue weighted by Crippen LogP contribution is -2.33. The third kappa shape index (κ3) is 3.63. The molecule has 0 N–H and O–H groups in total. The molecule has 1 aromatic carbocycles. The number of rotatable bonds is 3. The Labute approximate surface area is 172 Å². The maximum Gasteiger partial charge on any atom is 0.178 e. The molecule has 2 aromatic heterocycles. The van der Waals surface area contributed by atoms with E-state index in [1.54, 1.807) is 0 Å². The van der Waals surface area contributed by atoms with E-state index in [4.69, 9.17) is 15.1 Å². The van der Waals surface area contributed by atoms with E-state index >= 15 is 0 Å². The van der Waals surface area contributed by atoms with Crippen molar-refractivity contribution in [1.29, 1.82) is 0 Å². The van der Waals surface area contributed by atoms with E-state index in [-0.39, 0.29) is 0 Å². The molecule has 29 heavy (non-hydrogen) atoms. The number of aryl methyl sites for hydroxylation is 1. The van der Waals surface area contributed by atoms with E-state index in [2.05, 4.69) is 46.1 Å². The number of hydrogen-bond acceptors (Lipinski definition) is 6. The van der Waals surface area contributed by atoms with Crippen LogP contribution in [0, 0.1) is 6.92 Å². The minimum Gasteiger partial charge on any atom is -0.355 e. The van der Waals surface area contributed by atoms with Crippen LogP contribution in [0.5, 0.6) is 0 Å². The van der Waals surface area contributed by atoms with Gasteiger partial charge in [-0.05, 0) is 51.5 Å². The van der Waals surface area contributed by atoms with Gasteiger partial charge in [-0.3, -0.25) is 0 Å². The lowest BCUT2D eigenvalue weighted by molar-refractivity contribution is 0.566. The molecule has 6 heteroatoms. The molecule has 6 nitrogen and oxygen atoms in total. The summed E-state index contributed by atoms with van der Waals surface area (Å²) in [5.41, 5.74) is 3.20. The zero-order valence-electron chi connectivity index (χ0n) is 17.1. The van der Waals surface area contributed by atoms with Gasteiger partial charge in [-0.1, -0.05) is 23.8 Å². The minimum atomic E-state index is 0.761. The summed E-state index contributed by atoms with van der Waals surface area (Å²) in [6.45, 7) is 6.22. The fraction of sp³-hybridized carbons (Fsp3) is 0.478. The van der Waals surface area contributed by atoms with Crippen LogP contribution in [0.1, 0.15) is 44.1 Å². The highest BCUT2D eigenvalue weighted by atomic mass is 15.3. The van der Waals surface area contributed by atoms with E-state index in [1.165, 1.54) is 44.1 Å². The highest BCUT2D eigenvalue weighted by molar-refractivity contribution is 5.96. The van der Waals surface area contributed by atoms with Crippen molar-refractivity contribution >= 4 is 22.5 Å². The first-order valence-corrected chi connectivity index (χ1v) is 10.9. The summed E-state index contributed by atoms with van der Waals surface area (Å²) in [5.74, 6) is 2.62. The Bertz CT molecular complexity index is 1010. The number of fused-ring (bicyclic) bond motifs is 1. The second-order valence-corrected chi connectivity index (χ2v) is 8.27. The molecule has 0 aliphatic carbocycles. The van der Waals surface area contributed by atoms with E-state index in [0.717, 1.165) is 60.1 Å². The molecule has 0 bridgehead atoms. The number of benzene rings is 1. The average Bonchev–Trinajstić information content (AvgIpc) is 2.79. The highest BCUT2D eigenvalue weighted by Gasteiger charge is 2.23. The van der Waals surface area contributed by atoms with Crippen molar-refractivity contribution in [2.45, 2.75) is 45.4 Å². The standard InChI is InChI=1S/C23H28N6/c1-17-9-8-10-18(15-17)21-24-16-19-20(25-21)23(29-13-6-3-7-14-29)27-26-22(19)28-11-4-2-5-12-28/h8-10,15-16H,2-7,11-14H2,1H3. The van der Waals surface area contributed by atoms with Crippen molar-refractivity contribution < 1.29 is 0 Å². The fourth-order valence-corrected chi connectivity index (χ4v) is 4.49. The maximum atomic E-state index is 5.04. The van der Waals surface area contributed by atoms with Gasteiger partial charge in [-0.25, -0.2) is 9.97 Å². The van der Waals surface area contributed by atoms with Crippen molar-refractivity contribution in [2.75, 3.05) is 36.0 Å². The summed E-state index contributed by atoms with van der Waals surface area (Å²) < 4.78 is 0. The van der Waals surface area contributed by atoms with Crippen molar-refractivity contribution in [3.05, 3.63) is 36.0 Å². The van der Waals surface area contributed by atoms with Gasteiger partial charge in [-0.15, -0.1) is 10.2 Å². The molecule has 2 saturated heterocycles. The second kappa shape index (κ2) is 7.93. The van der Waals surface area contributed by atoms with Crippen LogP contribution in [0.2, 0.25) is 0 Å². The van der Waals surface area contributed by atoms with E-state index in [1.807, 2.05) is 6.20 Å². The van der Waals surface area contributed by atoms with Gasteiger partial charge in [-0.2, -0.15) is 0 Å². The first kappa shape index (κ1) is 18.3. The quantitative estimate of drug-likeness (QED) is 0.664. The van der Waals surface area contributed by atoms with Gasteiger partial charge in [0.05, 0.1) is 5.39 Å².